The molecule has 0 aliphatic heterocycles. The summed E-state index contributed by atoms with van der Waals surface area (Å²) in [6, 6.07) is 21.6. The van der Waals surface area contributed by atoms with Gasteiger partial charge in [-0.2, -0.15) is 5.10 Å². The SMILES string of the molecule is CCOc1ccccc1NC(=O)C(=O)N/N=C(\C)c1ccc(OCc2ccccc2Cl)cc1. The van der Waals surface area contributed by atoms with Gasteiger partial charge in [0.05, 0.1) is 18.0 Å². The molecule has 33 heavy (non-hydrogen) atoms. The smallest absolute Gasteiger partial charge is 0.329 e. The number of hydrogen-bond donors (Lipinski definition) is 2. The summed E-state index contributed by atoms with van der Waals surface area (Å²) >= 11 is 6.14. The third-order valence-electron chi connectivity index (χ3n) is 4.59. The summed E-state index contributed by atoms with van der Waals surface area (Å²) in [5.74, 6) is -0.581. The number of para-hydroxylation sites is 2. The van der Waals surface area contributed by atoms with Gasteiger partial charge in [0.2, 0.25) is 0 Å². The van der Waals surface area contributed by atoms with Crippen LogP contribution < -0.4 is 20.2 Å². The lowest BCUT2D eigenvalue weighted by atomic mass is 10.1. The lowest BCUT2D eigenvalue weighted by Crippen LogP contribution is -2.33. The highest BCUT2D eigenvalue weighted by molar-refractivity contribution is 6.39. The molecule has 8 heteroatoms. The zero-order valence-corrected chi connectivity index (χ0v) is 19.1. The van der Waals surface area contributed by atoms with Gasteiger partial charge < -0.3 is 14.8 Å². The molecule has 2 amide bonds. The van der Waals surface area contributed by atoms with Crippen molar-refractivity contribution >= 4 is 34.8 Å². The molecule has 0 aliphatic carbocycles. The number of carbonyl (C=O) groups excluding carboxylic acids is 2. The van der Waals surface area contributed by atoms with Gasteiger partial charge >= 0.3 is 11.8 Å². The van der Waals surface area contributed by atoms with Gasteiger partial charge in [0.25, 0.3) is 0 Å². The highest BCUT2D eigenvalue weighted by Crippen LogP contribution is 2.23. The average Bonchev–Trinajstić information content (AvgIpc) is 2.83. The number of anilines is 1. The van der Waals surface area contributed by atoms with Gasteiger partial charge in [0.1, 0.15) is 18.1 Å². The maximum Gasteiger partial charge on any atom is 0.329 e. The minimum Gasteiger partial charge on any atom is -0.492 e. The molecule has 0 radical (unpaired) electrons. The van der Waals surface area contributed by atoms with Crippen LogP contribution in [0.4, 0.5) is 5.69 Å². The van der Waals surface area contributed by atoms with Crippen LogP contribution in [0.25, 0.3) is 0 Å². The maximum atomic E-state index is 12.2. The highest BCUT2D eigenvalue weighted by Gasteiger charge is 2.15. The van der Waals surface area contributed by atoms with Crippen molar-refractivity contribution < 1.29 is 19.1 Å². The van der Waals surface area contributed by atoms with Crippen molar-refractivity contribution in [3.63, 3.8) is 0 Å². The van der Waals surface area contributed by atoms with E-state index in [1.165, 1.54) is 0 Å². The van der Waals surface area contributed by atoms with Crippen molar-refractivity contribution in [2.45, 2.75) is 20.5 Å². The minimum absolute atomic E-state index is 0.351. The lowest BCUT2D eigenvalue weighted by molar-refractivity contribution is -0.136. The van der Waals surface area contributed by atoms with E-state index in [0.29, 0.717) is 41.1 Å². The third kappa shape index (κ3) is 6.82. The van der Waals surface area contributed by atoms with Crippen LogP contribution in [0.1, 0.15) is 25.0 Å². The highest BCUT2D eigenvalue weighted by atomic mass is 35.5. The zero-order chi connectivity index (χ0) is 23.6. The van der Waals surface area contributed by atoms with Gasteiger partial charge in [-0.1, -0.05) is 41.9 Å². The second-order valence-electron chi connectivity index (χ2n) is 6.93. The van der Waals surface area contributed by atoms with Gasteiger partial charge in [-0.25, -0.2) is 5.43 Å². The van der Waals surface area contributed by atoms with Gasteiger partial charge in [0.15, 0.2) is 0 Å². The Labute approximate surface area is 197 Å². The number of hydrogen-bond acceptors (Lipinski definition) is 5. The molecule has 0 saturated carbocycles. The molecule has 0 unspecified atom stereocenters. The number of nitrogens with one attached hydrogen (secondary N) is 2. The van der Waals surface area contributed by atoms with E-state index in [4.69, 9.17) is 21.1 Å². The van der Waals surface area contributed by atoms with E-state index in [9.17, 15) is 9.59 Å². The van der Waals surface area contributed by atoms with E-state index in [1.54, 1.807) is 43.3 Å². The molecule has 0 saturated heterocycles. The fourth-order valence-corrected chi connectivity index (χ4v) is 3.04. The van der Waals surface area contributed by atoms with Gasteiger partial charge in [-0.05, 0) is 61.9 Å². The number of hydrazone groups is 1. The number of ether oxygens (including phenoxy) is 2. The standard InChI is InChI=1S/C25H24ClN3O4/c1-3-32-23-11-7-6-10-22(23)27-24(30)25(31)29-28-17(2)18-12-14-20(15-13-18)33-16-19-8-4-5-9-21(19)26/h4-15H,3,16H2,1-2H3,(H,27,30)(H,29,31)/b28-17+. The molecule has 0 spiro atoms. The molecule has 7 nitrogen and oxygen atoms in total. The number of benzene rings is 3. The van der Waals surface area contributed by atoms with Crippen molar-refractivity contribution in [1.82, 2.24) is 5.43 Å². The van der Waals surface area contributed by atoms with Crippen LogP contribution in [0.3, 0.4) is 0 Å². The van der Waals surface area contributed by atoms with E-state index in [-0.39, 0.29) is 0 Å². The van der Waals surface area contributed by atoms with Crippen molar-refractivity contribution in [2.24, 2.45) is 5.10 Å². The van der Waals surface area contributed by atoms with E-state index < -0.39 is 11.8 Å². The van der Waals surface area contributed by atoms with Gasteiger partial charge in [-0.15, -0.1) is 0 Å². The molecule has 170 valence electrons. The predicted octanol–water partition coefficient (Wildman–Crippen LogP) is 4.80. The summed E-state index contributed by atoms with van der Waals surface area (Å²) < 4.78 is 11.2. The molecule has 0 aliphatic rings. The topological polar surface area (TPSA) is 89.0 Å². The number of rotatable bonds is 8. The van der Waals surface area contributed by atoms with Crippen LogP contribution in [0.15, 0.2) is 77.9 Å². The Bertz CT molecular complexity index is 1150. The first-order chi connectivity index (χ1) is 16.0. The molecule has 3 rings (SSSR count). The van der Waals surface area contributed by atoms with Crippen LogP contribution in [0.2, 0.25) is 5.02 Å². The molecule has 3 aromatic rings. The van der Waals surface area contributed by atoms with E-state index in [2.05, 4.69) is 15.8 Å². The summed E-state index contributed by atoms with van der Waals surface area (Å²) in [4.78, 5) is 24.4. The van der Waals surface area contributed by atoms with Crippen LogP contribution in [0, 0.1) is 0 Å². The predicted molar refractivity (Wildman–Crippen MR) is 129 cm³/mol. The fraction of sp³-hybridized carbons (Fsp3) is 0.160. The summed E-state index contributed by atoms with van der Waals surface area (Å²) in [5, 5.41) is 7.19. The van der Waals surface area contributed by atoms with Crippen molar-refractivity contribution in [2.75, 3.05) is 11.9 Å². The Morgan fingerprint density at radius 3 is 2.33 bits per heavy atom. The van der Waals surface area contributed by atoms with Crippen LogP contribution in [-0.2, 0) is 16.2 Å². The molecule has 0 aromatic heterocycles. The fourth-order valence-electron chi connectivity index (χ4n) is 2.85. The average molecular weight is 466 g/mol. The van der Waals surface area contributed by atoms with Crippen molar-refractivity contribution in [1.29, 1.82) is 0 Å². The Morgan fingerprint density at radius 2 is 1.61 bits per heavy atom. The molecular weight excluding hydrogens is 442 g/mol. The van der Waals surface area contributed by atoms with E-state index in [1.807, 2.05) is 43.3 Å². The minimum atomic E-state index is -0.889. The summed E-state index contributed by atoms with van der Waals surface area (Å²) in [7, 11) is 0. The second-order valence-corrected chi connectivity index (χ2v) is 7.33. The first kappa shape index (κ1) is 23.8. The molecular formula is C25H24ClN3O4. The Hall–Kier alpha value is -3.84. The zero-order valence-electron chi connectivity index (χ0n) is 18.3. The second kappa shape index (κ2) is 11.7. The van der Waals surface area contributed by atoms with Crippen molar-refractivity contribution in [3.05, 3.63) is 88.9 Å². The lowest BCUT2D eigenvalue weighted by Gasteiger charge is -2.10. The monoisotopic (exact) mass is 465 g/mol. The molecule has 0 heterocycles. The van der Waals surface area contributed by atoms with E-state index >= 15 is 0 Å². The summed E-state index contributed by atoms with van der Waals surface area (Å²) in [6.45, 7) is 4.35. The van der Waals surface area contributed by atoms with Crippen LogP contribution >= 0.6 is 11.6 Å². The first-order valence-electron chi connectivity index (χ1n) is 10.3. The van der Waals surface area contributed by atoms with Gasteiger partial charge in [0, 0.05) is 10.6 Å². The quantitative estimate of drug-likeness (QED) is 0.284. The first-order valence-corrected chi connectivity index (χ1v) is 10.7. The molecule has 0 bridgehead atoms. The molecule has 0 atom stereocenters. The summed E-state index contributed by atoms with van der Waals surface area (Å²) in [5.41, 5.74) is 4.87. The number of carbonyl (C=O) groups is 2. The van der Waals surface area contributed by atoms with Crippen LogP contribution in [-0.4, -0.2) is 24.1 Å². The maximum absolute atomic E-state index is 12.2. The Morgan fingerprint density at radius 1 is 0.909 bits per heavy atom. The Kier molecular flexibility index (Phi) is 8.43. The Balaban J connectivity index is 1.55. The molecule has 0 fully saturated rings. The normalized spacial score (nSPS) is 10.9. The molecule has 3 aromatic carbocycles. The van der Waals surface area contributed by atoms with E-state index in [0.717, 1.165) is 11.1 Å². The van der Waals surface area contributed by atoms with Crippen molar-refractivity contribution in [3.8, 4) is 11.5 Å². The largest absolute Gasteiger partial charge is 0.492 e. The molecule has 2 N–H and O–H groups in total. The summed E-state index contributed by atoms with van der Waals surface area (Å²) in [6.07, 6.45) is 0. The van der Waals surface area contributed by atoms with Crippen LogP contribution in [0.5, 0.6) is 11.5 Å². The number of nitrogens with zero attached hydrogens (tertiary/aromatic N) is 1. The number of amides is 2. The number of halogens is 1. The third-order valence-corrected chi connectivity index (χ3v) is 4.96. The van der Waals surface area contributed by atoms with Gasteiger partial charge in [-0.3, -0.25) is 9.59 Å².